The molecule has 214 valence electrons. The Bertz CT molecular complexity index is 1340. The van der Waals surface area contributed by atoms with Crippen LogP contribution in [0.5, 0.6) is 0 Å². The van der Waals surface area contributed by atoms with Crippen molar-refractivity contribution in [1.29, 1.82) is 0 Å². The maximum absolute atomic E-state index is 13.7. The van der Waals surface area contributed by atoms with Gasteiger partial charge in [0.1, 0.15) is 11.6 Å². The summed E-state index contributed by atoms with van der Waals surface area (Å²) in [6, 6.07) is 7.25. The number of nitrogens with one attached hydrogen (secondary N) is 1. The summed E-state index contributed by atoms with van der Waals surface area (Å²) in [5.41, 5.74) is 0.262. The van der Waals surface area contributed by atoms with Gasteiger partial charge in [0.15, 0.2) is 0 Å². The second-order valence-electron chi connectivity index (χ2n) is 10.2. The quantitative estimate of drug-likeness (QED) is 0.416. The molecule has 1 atom stereocenters. The minimum Gasteiger partial charge on any atom is -0.355 e. The molecule has 1 aromatic carbocycles. The lowest BCUT2D eigenvalue weighted by atomic mass is 10.1. The number of aromatic nitrogens is 3. The lowest BCUT2D eigenvalue weighted by molar-refractivity contribution is -0.138. The van der Waals surface area contributed by atoms with Crippen molar-refractivity contribution in [2.45, 2.75) is 37.7 Å². The van der Waals surface area contributed by atoms with Crippen molar-refractivity contribution in [1.82, 2.24) is 19.9 Å². The van der Waals surface area contributed by atoms with E-state index in [1.807, 2.05) is 14.1 Å². The van der Waals surface area contributed by atoms with Crippen molar-refractivity contribution in [3.63, 3.8) is 0 Å². The fourth-order valence-electron chi connectivity index (χ4n) is 5.14. The average molecular weight is 566 g/mol. The zero-order valence-electron chi connectivity index (χ0n) is 22.0. The standard InChI is InChI=1S/C27H29F6N7/c1-38(2)19-9-13-40(16-19)25-36-22-11-15-39(24-21(27(31,32)33)4-3-12-34-24)14-10-20(22)23(37-25)35-18-7-5-17(6-8-18)26(28,29)30/h3-8,12,19H,9-11,13-16H2,1-2H3,(H,35,36,37)/t19-/m1/s1. The molecule has 2 aliphatic heterocycles. The van der Waals surface area contributed by atoms with E-state index >= 15 is 0 Å². The van der Waals surface area contributed by atoms with Crippen LogP contribution in [0.25, 0.3) is 0 Å². The Labute approximate surface area is 227 Å². The van der Waals surface area contributed by atoms with Crippen LogP contribution in [0, 0.1) is 0 Å². The molecule has 40 heavy (non-hydrogen) atoms. The molecule has 0 radical (unpaired) electrons. The highest BCUT2D eigenvalue weighted by molar-refractivity contribution is 5.63. The molecule has 2 aromatic heterocycles. The van der Waals surface area contributed by atoms with Crippen LogP contribution in [0.3, 0.4) is 0 Å². The molecule has 2 aliphatic rings. The van der Waals surface area contributed by atoms with Gasteiger partial charge in [0, 0.05) is 56.1 Å². The molecule has 3 aromatic rings. The molecule has 0 amide bonds. The third kappa shape index (κ3) is 5.93. The van der Waals surface area contributed by atoms with Crippen molar-refractivity contribution in [2.24, 2.45) is 0 Å². The van der Waals surface area contributed by atoms with Crippen LogP contribution in [0.2, 0.25) is 0 Å². The van der Waals surface area contributed by atoms with E-state index in [2.05, 4.69) is 20.1 Å². The smallest absolute Gasteiger partial charge is 0.355 e. The Morgan fingerprint density at radius 2 is 1.60 bits per heavy atom. The number of fused-ring (bicyclic) bond motifs is 1. The first-order chi connectivity index (χ1) is 18.9. The molecule has 0 aliphatic carbocycles. The van der Waals surface area contributed by atoms with Crippen LogP contribution in [-0.4, -0.2) is 66.2 Å². The summed E-state index contributed by atoms with van der Waals surface area (Å²) in [4.78, 5) is 19.5. The highest BCUT2D eigenvalue weighted by Crippen LogP contribution is 2.37. The van der Waals surface area contributed by atoms with Crippen molar-refractivity contribution in [2.75, 3.05) is 55.4 Å². The molecule has 0 bridgehead atoms. The fourth-order valence-corrected chi connectivity index (χ4v) is 5.14. The number of anilines is 4. The Morgan fingerprint density at radius 1 is 0.875 bits per heavy atom. The molecular formula is C27H29F6N7. The van der Waals surface area contributed by atoms with Gasteiger partial charge in [0.25, 0.3) is 0 Å². The van der Waals surface area contributed by atoms with Crippen molar-refractivity contribution in [3.8, 4) is 0 Å². The largest absolute Gasteiger partial charge is 0.419 e. The zero-order valence-corrected chi connectivity index (χ0v) is 22.0. The van der Waals surface area contributed by atoms with E-state index in [-0.39, 0.29) is 18.9 Å². The van der Waals surface area contributed by atoms with Crippen LogP contribution in [0.4, 0.5) is 49.6 Å². The molecule has 5 rings (SSSR count). The fraction of sp³-hybridized carbons (Fsp3) is 0.444. The number of hydrogen-bond acceptors (Lipinski definition) is 7. The van der Waals surface area contributed by atoms with Gasteiger partial charge in [-0.15, -0.1) is 0 Å². The number of pyridine rings is 1. The van der Waals surface area contributed by atoms with E-state index in [9.17, 15) is 26.3 Å². The monoisotopic (exact) mass is 565 g/mol. The lowest BCUT2D eigenvalue weighted by Crippen LogP contribution is -2.32. The van der Waals surface area contributed by atoms with Gasteiger partial charge in [-0.2, -0.15) is 31.3 Å². The first kappa shape index (κ1) is 27.9. The highest BCUT2D eigenvalue weighted by atomic mass is 19.4. The number of likely N-dealkylation sites (N-methyl/N-ethyl adjacent to an activating group) is 1. The van der Waals surface area contributed by atoms with E-state index in [4.69, 9.17) is 9.97 Å². The molecule has 0 unspecified atom stereocenters. The van der Waals surface area contributed by atoms with Gasteiger partial charge in [-0.3, -0.25) is 0 Å². The van der Waals surface area contributed by atoms with Gasteiger partial charge in [0.2, 0.25) is 5.95 Å². The van der Waals surface area contributed by atoms with Gasteiger partial charge in [0.05, 0.1) is 16.8 Å². The summed E-state index contributed by atoms with van der Waals surface area (Å²) in [5, 5.41) is 3.16. The van der Waals surface area contributed by atoms with Crippen LogP contribution in [-0.2, 0) is 25.2 Å². The van der Waals surface area contributed by atoms with Gasteiger partial charge in [-0.1, -0.05) is 0 Å². The van der Waals surface area contributed by atoms with E-state index in [0.717, 1.165) is 36.7 Å². The molecule has 1 saturated heterocycles. The Balaban J connectivity index is 1.48. The second kappa shape index (κ2) is 10.8. The third-order valence-electron chi connectivity index (χ3n) is 7.37. The second-order valence-corrected chi connectivity index (χ2v) is 10.2. The molecule has 4 heterocycles. The van der Waals surface area contributed by atoms with Crippen molar-refractivity contribution in [3.05, 3.63) is 65.0 Å². The first-order valence-electron chi connectivity index (χ1n) is 12.9. The van der Waals surface area contributed by atoms with Gasteiger partial charge in [-0.25, -0.2) is 9.97 Å². The number of rotatable bonds is 5. The number of nitrogens with zero attached hydrogens (tertiary/aromatic N) is 6. The Kier molecular flexibility index (Phi) is 7.51. The van der Waals surface area contributed by atoms with Crippen LogP contribution < -0.4 is 15.1 Å². The molecule has 7 nitrogen and oxygen atoms in total. The van der Waals surface area contributed by atoms with Crippen LogP contribution >= 0.6 is 0 Å². The summed E-state index contributed by atoms with van der Waals surface area (Å²) >= 11 is 0. The number of hydrogen-bond donors (Lipinski definition) is 1. The minimum atomic E-state index is -4.55. The predicted molar refractivity (Wildman–Crippen MR) is 140 cm³/mol. The van der Waals surface area contributed by atoms with Gasteiger partial charge < -0.3 is 20.0 Å². The summed E-state index contributed by atoms with van der Waals surface area (Å²) in [7, 11) is 4.01. The predicted octanol–water partition coefficient (Wildman–Crippen LogP) is 5.40. The minimum absolute atomic E-state index is 0.137. The maximum Gasteiger partial charge on any atom is 0.419 e. The normalized spacial score (nSPS) is 18.2. The van der Waals surface area contributed by atoms with Crippen molar-refractivity contribution >= 4 is 23.3 Å². The first-order valence-corrected chi connectivity index (χ1v) is 12.9. The Hall–Kier alpha value is -3.61. The maximum atomic E-state index is 13.7. The van der Waals surface area contributed by atoms with E-state index < -0.39 is 23.5 Å². The van der Waals surface area contributed by atoms with E-state index in [1.54, 1.807) is 4.90 Å². The third-order valence-corrected chi connectivity index (χ3v) is 7.37. The summed E-state index contributed by atoms with van der Waals surface area (Å²) < 4.78 is 80.4. The molecular weight excluding hydrogens is 536 g/mol. The lowest BCUT2D eigenvalue weighted by Gasteiger charge is -2.24. The molecule has 1 fully saturated rings. The summed E-state index contributed by atoms with van der Waals surface area (Å²) in [6.07, 6.45) is -6.07. The van der Waals surface area contributed by atoms with Crippen molar-refractivity contribution < 1.29 is 26.3 Å². The average Bonchev–Trinajstić information content (AvgIpc) is 3.30. The topological polar surface area (TPSA) is 60.4 Å². The van der Waals surface area contributed by atoms with E-state index in [1.165, 1.54) is 24.4 Å². The molecule has 13 heteroatoms. The molecule has 0 saturated carbocycles. The Morgan fingerprint density at radius 3 is 2.25 bits per heavy atom. The molecule has 0 spiro atoms. The SMILES string of the molecule is CN(C)[C@@H]1CCN(c2nc3c(c(Nc4ccc(C(F)(F)F)cc4)n2)CCN(c2ncccc2C(F)(F)F)CC3)C1. The van der Waals surface area contributed by atoms with Crippen LogP contribution in [0.15, 0.2) is 42.6 Å². The highest BCUT2D eigenvalue weighted by Gasteiger charge is 2.36. The van der Waals surface area contributed by atoms with Gasteiger partial charge >= 0.3 is 12.4 Å². The number of alkyl halides is 6. The zero-order chi connectivity index (χ0) is 28.7. The number of halogens is 6. The molecule has 1 N–H and O–H groups in total. The van der Waals surface area contributed by atoms with Gasteiger partial charge in [-0.05, 0) is 63.3 Å². The van der Waals surface area contributed by atoms with E-state index in [0.29, 0.717) is 48.6 Å². The summed E-state index contributed by atoms with van der Waals surface area (Å²) in [6.45, 7) is 1.95. The number of benzene rings is 1. The van der Waals surface area contributed by atoms with Crippen LogP contribution in [0.1, 0.15) is 28.8 Å². The summed E-state index contributed by atoms with van der Waals surface area (Å²) in [5.74, 6) is 0.786.